The van der Waals surface area contributed by atoms with Crippen LogP contribution >= 0.6 is 24.0 Å². The predicted molar refractivity (Wildman–Crippen MR) is 109 cm³/mol. The molecule has 1 aromatic rings. The van der Waals surface area contributed by atoms with Crippen LogP contribution in [-0.2, 0) is 12.8 Å². The summed E-state index contributed by atoms with van der Waals surface area (Å²) in [4.78, 5) is 6.93. The maximum Gasteiger partial charge on any atom is 0.193 e. The van der Waals surface area contributed by atoms with Gasteiger partial charge in [0.25, 0.3) is 0 Å². The molecular weight excluding hydrogens is 399 g/mol. The molecule has 0 heterocycles. The molecule has 0 aliphatic heterocycles. The Morgan fingerprint density at radius 2 is 1.96 bits per heavy atom. The number of guanidine groups is 1. The number of aliphatic imine (C=N–C) groups is 1. The quantitative estimate of drug-likeness (QED) is 0.439. The number of fused-ring (bicyclic) bond motifs is 1. The van der Waals surface area contributed by atoms with E-state index < -0.39 is 0 Å². The summed E-state index contributed by atoms with van der Waals surface area (Å²) in [5.41, 5.74) is 10.4. The topological polar surface area (TPSA) is 53.6 Å². The van der Waals surface area contributed by atoms with Gasteiger partial charge in [-0.05, 0) is 76.2 Å². The summed E-state index contributed by atoms with van der Waals surface area (Å²) in [7, 11) is 4.29. The van der Waals surface area contributed by atoms with Crippen molar-refractivity contribution in [3.63, 3.8) is 0 Å². The highest BCUT2D eigenvalue weighted by Gasteiger charge is 2.38. The Labute approximate surface area is 156 Å². The average Bonchev–Trinajstić information content (AvgIpc) is 2.46. The van der Waals surface area contributed by atoms with Crippen LogP contribution < -0.4 is 11.1 Å². The first-order valence-electron chi connectivity index (χ1n) is 8.46. The number of nitrogens with one attached hydrogen (secondary N) is 1. The molecule has 0 unspecified atom stereocenters. The Morgan fingerprint density at radius 1 is 1.22 bits per heavy atom. The molecule has 3 rings (SSSR count). The van der Waals surface area contributed by atoms with Gasteiger partial charge in [-0.15, -0.1) is 24.0 Å². The summed E-state index contributed by atoms with van der Waals surface area (Å²) in [5, 5.41) is 3.34. The van der Waals surface area contributed by atoms with Gasteiger partial charge in [-0.25, -0.2) is 0 Å². The molecule has 5 heteroatoms. The van der Waals surface area contributed by atoms with Crippen molar-refractivity contribution in [3.05, 3.63) is 29.3 Å². The van der Waals surface area contributed by atoms with Crippen LogP contribution in [0.2, 0.25) is 0 Å². The Bertz CT molecular complexity index is 564. The molecule has 1 fully saturated rings. The van der Waals surface area contributed by atoms with Crippen molar-refractivity contribution < 1.29 is 0 Å². The fourth-order valence-electron chi connectivity index (χ4n) is 3.64. The summed E-state index contributed by atoms with van der Waals surface area (Å²) in [6.45, 7) is 0.786. The standard InChI is InChI=1S/C18H28N4.HI/c1-22(2)18(11-6-12-18)13-20-17(19)21-16-10-5-8-14-7-3-4-9-15(14)16;/h5,8,10H,3-4,6-7,9,11-13H2,1-2H3,(H3,19,20,21);1H. The van der Waals surface area contributed by atoms with Crippen LogP contribution in [0.4, 0.5) is 5.69 Å². The molecule has 0 saturated heterocycles. The molecule has 1 saturated carbocycles. The van der Waals surface area contributed by atoms with E-state index in [1.165, 1.54) is 49.7 Å². The fourth-order valence-corrected chi connectivity index (χ4v) is 3.64. The highest BCUT2D eigenvalue weighted by atomic mass is 127. The molecule has 0 atom stereocenters. The van der Waals surface area contributed by atoms with Gasteiger partial charge >= 0.3 is 0 Å². The highest BCUT2D eigenvalue weighted by molar-refractivity contribution is 14.0. The Hall–Kier alpha value is -0.820. The van der Waals surface area contributed by atoms with Gasteiger partial charge in [0.15, 0.2) is 5.96 Å². The second kappa shape index (κ2) is 7.83. The van der Waals surface area contributed by atoms with Crippen LogP contribution in [0.5, 0.6) is 0 Å². The number of halogens is 1. The van der Waals surface area contributed by atoms with Crippen molar-refractivity contribution in [2.24, 2.45) is 10.7 Å². The number of hydrogen-bond donors (Lipinski definition) is 2. The second-order valence-corrected chi connectivity index (χ2v) is 6.95. The second-order valence-electron chi connectivity index (χ2n) is 6.95. The van der Waals surface area contributed by atoms with E-state index in [-0.39, 0.29) is 29.5 Å². The molecule has 23 heavy (non-hydrogen) atoms. The number of rotatable bonds is 4. The van der Waals surface area contributed by atoms with E-state index in [2.05, 4.69) is 47.5 Å². The molecule has 4 nitrogen and oxygen atoms in total. The number of nitrogens with two attached hydrogens (primary N) is 1. The molecule has 0 bridgehead atoms. The zero-order valence-electron chi connectivity index (χ0n) is 14.3. The summed E-state index contributed by atoms with van der Waals surface area (Å²) in [5.74, 6) is 0.548. The van der Waals surface area contributed by atoms with Gasteiger partial charge in [0.2, 0.25) is 0 Å². The molecule has 0 radical (unpaired) electrons. The van der Waals surface area contributed by atoms with Gasteiger partial charge in [-0.1, -0.05) is 12.1 Å². The molecule has 2 aliphatic carbocycles. The summed E-state index contributed by atoms with van der Waals surface area (Å²) in [6, 6.07) is 6.48. The first-order chi connectivity index (χ1) is 10.6. The molecule has 2 aliphatic rings. The van der Waals surface area contributed by atoms with Crippen LogP contribution in [0.25, 0.3) is 0 Å². The zero-order chi connectivity index (χ0) is 15.6. The minimum absolute atomic E-state index is 0. The third kappa shape index (κ3) is 3.99. The normalized spacial score (nSPS) is 19.5. The molecule has 0 aromatic heterocycles. The lowest BCUT2D eigenvalue weighted by Gasteiger charge is -2.46. The van der Waals surface area contributed by atoms with Crippen molar-refractivity contribution in [2.75, 3.05) is 26.0 Å². The third-order valence-electron chi connectivity index (χ3n) is 5.44. The molecule has 3 N–H and O–H groups in total. The molecular formula is C18H29IN4. The third-order valence-corrected chi connectivity index (χ3v) is 5.44. The van der Waals surface area contributed by atoms with Crippen molar-refractivity contribution in [1.29, 1.82) is 0 Å². The van der Waals surface area contributed by atoms with Gasteiger partial charge in [0.05, 0.1) is 6.54 Å². The fraction of sp³-hybridized carbons (Fsp3) is 0.611. The van der Waals surface area contributed by atoms with Crippen LogP contribution in [0.1, 0.15) is 43.2 Å². The Kier molecular flexibility index (Phi) is 6.31. The van der Waals surface area contributed by atoms with E-state index in [1.807, 2.05) is 0 Å². The van der Waals surface area contributed by atoms with E-state index in [4.69, 9.17) is 5.73 Å². The number of nitrogens with zero attached hydrogens (tertiary/aromatic N) is 2. The van der Waals surface area contributed by atoms with Crippen LogP contribution in [0, 0.1) is 0 Å². The lowest BCUT2D eigenvalue weighted by molar-refractivity contribution is 0.0700. The van der Waals surface area contributed by atoms with Gasteiger partial charge < -0.3 is 16.0 Å². The molecule has 0 amide bonds. The van der Waals surface area contributed by atoms with Crippen molar-refractivity contribution in [1.82, 2.24) is 4.90 Å². The van der Waals surface area contributed by atoms with Gasteiger partial charge in [-0.2, -0.15) is 0 Å². The van der Waals surface area contributed by atoms with Crippen molar-refractivity contribution >= 4 is 35.6 Å². The van der Waals surface area contributed by atoms with E-state index >= 15 is 0 Å². The first-order valence-corrected chi connectivity index (χ1v) is 8.46. The summed E-state index contributed by atoms with van der Waals surface area (Å²) >= 11 is 0. The first kappa shape index (κ1) is 18.5. The number of anilines is 1. The molecule has 1 aromatic carbocycles. The monoisotopic (exact) mass is 428 g/mol. The highest BCUT2D eigenvalue weighted by Crippen LogP contribution is 2.36. The van der Waals surface area contributed by atoms with E-state index in [9.17, 15) is 0 Å². The van der Waals surface area contributed by atoms with E-state index in [1.54, 1.807) is 0 Å². The average molecular weight is 428 g/mol. The van der Waals surface area contributed by atoms with Gasteiger partial charge in [0.1, 0.15) is 0 Å². The molecule has 0 spiro atoms. The smallest absolute Gasteiger partial charge is 0.193 e. The maximum absolute atomic E-state index is 6.15. The van der Waals surface area contributed by atoms with Crippen LogP contribution in [0.3, 0.4) is 0 Å². The van der Waals surface area contributed by atoms with Crippen molar-refractivity contribution in [3.8, 4) is 0 Å². The minimum atomic E-state index is 0. The zero-order valence-corrected chi connectivity index (χ0v) is 16.6. The maximum atomic E-state index is 6.15. The predicted octanol–water partition coefficient (Wildman–Crippen LogP) is 3.39. The van der Waals surface area contributed by atoms with E-state index in [0.717, 1.165) is 18.7 Å². The summed E-state index contributed by atoms with van der Waals surface area (Å²) in [6.07, 6.45) is 8.64. The van der Waals surface area contributed by atoms with Crippen molar-refractivity contribution in [2.45, 2.75) is 50.5 Å². The number of likely N-dealkylation sites (N-methyl/N-ethyl adjacent to an activating group) is 1. The summed E-state index contributed by atoms with van der Waals surface area (Å²) < 4.78 is 0. The number of aryl methyl sites for hydroxylation is 1. The molecule has 128 valence electrons. The Balaban J connectivity index is 0.00000192. The number of hydrogen-bond acceptors (Lipinski definition) is 2. The van der Waals surface area contributed by atoms with Crippen LogP contribution in [-0.4, -0.2) is 37.0 Å². The lowest BCUT2D eigenvalue weighted by atomic mass is 9.76. The lowest BCUT2D eigenvalue weighted by Crippen LogP contribution is -2.52. The minimum Gasteiger partial charge on any atom is -0.370 e. The van der Waals surface area contributed by atoms with Crippen LogP contribution in [0.15, 0.2) is 23.2 Å². The van der Waals surface area contributed by atoms with Gasteiger partial charge in [0, 0.05) is 11.2 Å². The largest absolute Gasteiger partial charge is 0.370 e. The Morgan fingerprint density at radius 3 is 2.61 bits per heavy atom. The SMILES string of the molecule is CN(C)C1(CN=C(N)Nc2cccc3c2CCCC3)CCC1.I. The van der Waals surface area contributed by atoms with E-state index in [0.29, 0.717) is 5.96 Å². The number of benzene rings is 1. The van der Waals surface area contributed by atoms with Gasteiger partial charge in [-0.3, -0.25) is 4.99 Å².